The second-order valence-electron chi connectivity index (χ2n) is 11.2. The molecule has 0 saturated carbocycles. The SMILES string of the molecule is COc1nc(-c2cccc(-c3cccc(NC(=O)c4cn(C)c(=O)n(C)c4=O)c3C)c2Cl)ccc1CN1CCC(C)(O)C1. The first-order chi connectivity index (χ1) is 20.4. The molecular formula is C32H34ClN5O5. The molecule has 224 valence electrons. The van der Waals surface area contributed by atoms with E-state index in [1.54, 1.807) is 19.2 Å². The van der Waals surface area contributed by atoms with Crippen molar-refractivity contribution < 1.29 is 14.6 Å². The zero-order valence-corrected chi connectivity index (χ0v) is 25.5. The number of methoxy groups -OCH3 is 1. The quantitative estimate of drug-likeness (QED) is 0.328. The molecule has 11 heteroatoms. The maximum Gasteiger partial charge on any atom is 0.330 e. The van der Waals surface area contributed by atoms with Gasteiger partial charge >= 0.3 is 5.69 Å². The van der Waals surface area contributed by atoms with Gasteiger partial charge in [0.25, 0.3) is 11.5 Å². The van der Waals surface area contributed by atoms with Crippen molar-refractivity contribution in [1.29, 1.82) is 0 Å². The van der Waals surface area contributed by atoms with Crippen LogP contribution in [0.5, 0.6) is 5.88 Å². The fourth-order valence-electron chi connectivity index (χ4n) is 5.49. The van der Waals surface area contributed by atoms with Crippen LogP contribution in [0.25, 0.3) is 22.4 Å². The first-order valence-electron chi connectivity index (χ1n) is 13.9. The number of ether oxygens (including phenoxy) is 1. The molecule has 3 heterocycles. The number of nitrogens with one attached hydrogen (secondary N) is 1. The summed E-state index contributed by atoms with van der Waals surface area (Å²) in [5, 5.41) is 13.6. The van der Waals surface area contributed by atoms with Crippen LogP contribution in [-0.2, 0) is 20.6 Å². The van der Waals surface area contributed by atoms with E-state index >= 15 is 0 Å². The Kier molecular flexibility index (Phi) is 8.29. The fourth-order valence-corrected chi connectivity index (χ4v) is 5.81. The predicted octanol–water partition coefficient (Wildman–Crippen LogP) is 3.99. The second kappa shape index (κ2) is 11.8. The van der Waals surface area contributed by atoms with E-state index in [2.05, 4.69) is 10.2 Å². The van der Waals surface area contributed by atoms with Crippen molar-refractivity contribution in [1.82, 2.24) is 19.0 Å². The molecule has 1 saturated heterocycles. The van der Waals surface area contributed by atoms with Crippen LogP contribution in [0.3, 0.4) is 0 Å². The molecule has 0 bridgehead atoms. The third-order valence-corrected chi connectivity index (χ3v) is 8.30. The second-order valence-corrected chi connectivity index (χ2v) is 11.6. The summed E-state index contributed by atoms with van der Waals surface area (Å²) in [5.74, 6) is -0.124. The molecule has 10 nitrogen and oxygen atoms in total. The monoisotopic (exact) mass is 603 g/mol. The third-order valence-electron chi connectivity index (χ3n) is 7.90. The van der Waals surface area contributed by atoms with Crippen molar-refractivity contribution in [2.45, 2.75) is 32.4 Å². The van der Waals surface area contributed by atoms with E-state index in [9.17, 15) is 19.5 Å². The van der Waals surface area contributed by atoms with E-state index in [1.165, 1.54) is 24.9 Å². The lowest BCUT2D eigenvalue weighted by atomic mass is 9.96. The number of hydrogen-bond acceptors (Lipinski definition) is 7. The largest absolute Gasteiger partial charge is 0.481 e. The minimum Gasteiger partial charge on any atom is -0.481 e. The molecule has 1 amide bonds. The Morgan fingerprint density at radius 3 is 2.49 bits per heavy atom. The summed E-state index contributed by atoms with van der Waals surface area (Å²) in [5.41, 5.74) is 3.05. The minimum absolute atomic E-state index is 0.145. The smallest absolute Gasteiger partial charge is 0.330 e. The highest BCUT2D eigenvalue weighted by atomic mass is 35.5. The van der Waals surface area contributed by atoms with Crippen molar-refractivity contribution in [2.75, 3.05) is 25.5 Å². The van der Waals surface area contributed by atoms with Crippen molar-refractivity contribution in [2.24, 2.45) is 14.1 Å². The van der Waals surface area contributed by atoms with Crippen LogP contribution in [0.15, 0.2) is 64.3 Å². The summed E-state index contributed by atoms with van der Waals surface area (Å²) in [6, 6.07) is 15.0. The topological polar surface area (TPSA) is 119 Å². The number of carbonyl (C=O) groups is 1. The number of aromatic nitrogens is 3. The number of amides is 1. The molecule has 1 aliphatic rings. The highest BCUT2D eigenvalue weighted by Crippen LogP contribution is 2.39. The number of aryl methyl sites for hydroxylation is 1. The molecule has 2 N–H and O–H groups in total. The van der Waals surface area contributed by atoms with E-state index < -0.39 is 22.8 Å². The Hall–Kier alpha value is -4.25. The van der Waals surface area contributed by atoms with E-state index in [0.717, 1.165) is 45.3 Å². The molecule has 2 aromatic heterocycles. The lowest BCUT2D eigenvalue weighted by Crippen LogP contribution is -2.40. The average molecular weight is 604 g/mol. The van der Waals surface area contributed by atoms with Crippen molar-refractivity contribution >= 4 is 23.2 Å². The Morgan fingerprint density at radius 1 is 1.09 bits per heavy atom. The average Bonchev–Trinajstić information content (AvgIpc) is 3.33. The summed E-state index contributed by atoms with van der Waals surface area (Å²) in [6.45, 7) is 5.71. The Labute approximate surface area is 254 Å². The standard InChI is InChI=1S/C32H34ClN5O5/c1-19-21(8-7-11-25(19)34-28(39)24-17-36(3)31(41)37(4)30(24)40)22-9-6-10-23(27(22)33)26-13-12-20(29(35-26)43-5)16-38-15-14-32(2,42)18-38/h6-13,17,42H,14-16,18H2,1-5H3,(H,34,39). The van der Waals surface area contributed by atoms with E-state index in [1.807, 2.05) is 50.2 Å². The number of β-amino-alcohol motifs (C(OH)–C–C–N with tert-alkyl or cyclic N) is 1. The van der Waals surface area contributed by atoms with Gasteiger partial charge in [-0.15, -0.1) is 0 Å². The number of aliphatic hydroxyl groups is 1. The number of carbonyl (C=O) groups excluding carboxylic acids is 1. The van der Waals surface area contributed by atoms with Gasteiger partial charge in [-0.05, 0) is 43.5 Å². The molecule has 1 atom stereocenters. The van der Waals surface area contributed by atoms with Gasteiger partial charge in [-0.3, -0.25) is 19.1 Å². The molecule has 5 rings (SSSR count). The van der Waals surface area contributed by atoms with Gasteiger partial charge in [-0.25, -0.2) is 9.78 Å². The zero-order valence-electron chi connectivity index (χ0n) is 24.8. The van der Waals surface area contributed by atoms with Crippen LogP contribution < -0.4 is 21.3 Å². The number of anilines is 1. The number of rotatable bonds is 7. The Bertz CT molecular complexity index is 1850. The van der Waals surface area contributed by atoms with Gasteiger partial charge in [-0.1, -0.05) is 48.0 Å². The number of pyridine rings is 1. The lowest BCUT2D eigenvalue weighted by Gasteiger charge is -2.20. The maximum atomic E-state index is 13.1. The van der Waals surface area contributed by atoms with Crippen molar-refractivity contribution in [3.8, 4) is 28.3 Å². The van der Waals surface area contributed by atoms with Gasteiger partial charge in [0.2, 0.25) is 5.88 Å². The molecule has 4 aromatic rings. The van der Waals surface area contributed by atoms with Gasteiger partial charge in [0.05, 0.1) is 23.4 Å². The first kappa shape index (κ1) is 30.2. The number of likely N-dealkylation sites (tertiary alicyclic amines) is 1. The molecule has 2 aromatic carbocycles. The molecular weight excluding hydrogens is 570 g/mol. The number of hydrogen-bond donors (Lipinski definition) is 2. The molecule has 1 unspecified atom stereocenters. The predicted molar refractivity (Wildman–Crippen MR) is 167 cm³/mol. The van der Waals surface area contributed by atoms with Crippen molar-refractivity contribution in [3.63, 3.8) is 0 Å². The van der Waals surface area contributed by atoms with Gasteiger partial charge in [0, 0.05) is 62.3 Å². The van der Waals surface area contributed by atoms with Crippen LogP contribution in [0, 0.1) is 6.92 Å². The highest BCUT2D eigenvalue weighted by Gasteiger charge is 2.31. The Balaban J connectivity index is 1.45. The van der Waals surface area contributed by atoms with Crippen LogP contribution in [0.2, 0.25) is 5.02 Å². The van der Waals surface area contributed by atoms with Crippen LogP contribution in [0.4, 0.5) is 5.69 Å². The molecule has 1 fully saturated rings. The summed E-state index contributed by atoms with van der Waals surface area (Å²) >= 11 is 7.00. The molecule has 0 aliphatic carbocycles. The maximum absolute atomic E-state index is 13.1. The molecule has 0 spiro atoms. The van der Waals surface area contributed by atoms with Crippen LogP contribution in [-0.4, -0.2) is 55.8 Å². The Morgan fingerprint density at radius 2 is 1.79 bits per heavy atom. The van der Waals surface area contributed by atoms with E-state index in [0.29, 0.717) is 35.4 Å². The number of halogens is 1. The summed E-state index contributed by atoms with van der Waals surface area (Å²) in [7, 11) is 4.40. The fraction of sp³-hybridized carbons (Fsp3) is 0.312. The number of benzene rings is 2. The van der Waals surface area contributed by atoms with E-state index in [4.69, 9.17) is 21.3 Å². The molecule has 43 heavy (non-hydrogen) atoms. The minimum atomic E-state index is -0.689. The summed E-state index contributed by atoms with van der Waals surface area (Å²) in [4.78, 5) is 44.7. The van der Waals surface area contributed by atoms with E-state index in [-0.39, 0.29) is 5.56 Å². The lowest BCUT2D eigenvalue weighted by molar-refractivity contribution is 0.0677. The van der Waals surface area contributed by atoms with Crippen LogP contribution in [0.1, 0.15) is 34.8 Å². The first-order valence-corrected chi connectivity index (χ1v) is 14.2. The summed E-state index contributed by atoms with van der Waals surface area (Å²) < 4.78 is 7.73. The molecule has 1 aliphatic heterocycles. The number of nitrogens with zero attached hydrogens (tertiary/aromatic N) is 4. The normalized spacial score (nSPS) is 16.8. The highest BCUT2D eigenvalue weighted by molar-refractivity contribution is 6.36. The molecule has 0 radical (unpaired) electrons. The third kappa shape index (κ3) is 5.99. The van der Waals surface area contributed by atoms with Gasteiger partial charge < -0.3 is 19.7 Å². The zero-order chi connectivity index (χ0) is 31.1. The van der Waals surface area contributed by atoms with Gasteiger partial charge in [0.15, 0.2) is 0 Å². The van der Waals surface area contributed by atoms with Gasteiger partial charge in [-0.2, -0.15) is 0 Å². The van der Waals surface area contributed by atoms with Crippen LogP contribution >= 0.6 is 11.6 Å². The van der Waals surface area contributed by atoms with Gasteiger partial charge in [0.1, 0.15) is 5.56 Å². The summed E-state index contributed by atoms with van der Waals surface area (Å²) in [6.07, 6.45) is 1.96. The van der Waals surface area contributed by atoms with Crippen molar-refractivity contribution in [3.05, 3.63) is 97.3 Å².